The number of rotatable bonds is 7. The molecule has 0 radical (unpaired) electrons. The summed E-state index contributed by atoms with van der Waals surface area (Å²) in [6.45, 7) is 0. The molecular weight excluding hydrogens is 321 g/mol. The number of hydrogen-bond acceptors (Lipinski definition) is 3. The Morgan fingerprint density at radius 2 is 1.88 bits per heavy atom. The molecule has 1 fully saturated rings. The number of carbonyl (C=O) groups excluding carboxylic acids is 1. The van der Waals surface area contributed by atoms with Gasteiger partial charge in [0.2, 0.25) is 5.91 Å². The number of methoxy groups -OCH3 is 2. The minimum atomic E-state index is -0.457. The van der Waals surface area contributed by atoms with Crippen LogP contribution in [0, 0.1) is 11.7 Å². The first-order valence-electron chi connectivity index (χ1n) is 8.36. The predicted molar refractivity (Wildman–Crippen MR) is 93.3 cm³/mol. The van der Waals surface area contributed by atoms with Crippen molar-refractivity contribution < 1.29 is 18.7 Å². The minimum Gasteiger partial charge on any atom is -0.497 e. The van der Waals surface area contributed by atoms with E-state index in [2.05, 4.69) is 5.32 Å². The third-order valence-corrected chi connectivity index (χ3v) is 4.47. The standard InChI is InChI=1S/C20H22FNO3/c1-24-16-8-6-15(7-9-16)20(14-4-5-14)22-19(23)12-13-3-10-18(25-2)17(21)11-13/h3,6-11,14,20H,4-5,12H2,1-2H3,(H,22,23)/t20-/m1/s1. The molecule has 1 saturated carbocycles. The van der Waals surface area contributed by atoms with Crippen LogP contribution in [0.15, 0.2) is 42.5 Å². The van der Waals surface area contributed by atoms with Crippen molar-refractivity contribution in [2.75, 3.05) is 14.2 Å². The van der Waals surface area contributed by atoms with Gasteiger partial charge >= 0.3 is 0 Å². The van der Waals surface area contributed by atoms with Gasteiger partial charge in [0.25, 0.3) is 0 Å². The zero-order valence-corrected chi connectivity index (χ0v) is 14.4. The van der Waals surface area contributed by atoms with Gasteiger partial charge in [0.1, 0.15) is 5.75 Å². The van der Waals surface area contributed by atoms with Crippen molar-refractivity contribution in [2.45, 2.75) is 25.3 Å². The van der Waals surface area contributed by atoms with Crippen molar-refractivity contribution in [3.8, 4) is 11.5 Å². The molecule has 0 saturated heterocycles. The van der Waals surface area contributed by atoms with Crippen molar-refractivity contribution in [3.05, 3.63) is 59.4 Å². The molecule has 0 bridgehead atoms. The fourth-order valence-corrected chi connectivity index (χ4v) is 2.94. The Labute approximate surface area is 147 Å². The first-order valence-corrected chi connectivity index (χ1v) is 8.36. The highest BCUT2D eigenvalue weighted by molar-refractivity contribution is 5.79. The van der Waals surface area contributed by atoms with Gasteiger partial charge in [-0.25, -0.2) is 4.39 Å². The van der Waals surface area contributed by atoms with Gasteiger partial charge in [-0.1, -0.05) is 18.2 Å². The van der Waals surface area contributed by atoms with E-state index in [1.807, 2.05) is 24.3 Å². The number of halogens is 1. The zero-order chi connectivity index (χ0) is 17.8. The van der Waals surface area contributed by atoms with Crippen molar-refractivity contribution in [1.29, 1.82) is 0 Å². The van der Waals surface area contributed by atoms with Crippen LogP contribution in [-0.4, -0.2) is 20.1 Å². The maximum Gasteiger partial charge on any atom is 0.224 e. The second kappa shape index (κ2) is 7.55. The fourth-order valence-electron chi connectivity index (χ4n) is 2.94. The SMILES string of the molecule is COc1ccc([C@H](NC(=O)Cc2ccc(OC)c(F)c2)C2CC2)cc1. The number of carbonyl (C=O) groups is 1. The van der Waals surface area contributed by atoms with Crippen LogP contribution < -0.4 is 14.8 Å². The largest absolute Gasteiger partial charge is 0.497 e. The fraction of sp³-hybridized carbons (Fsp3) is 0.350. The zero-order valence-electron chi connectivity index (χ0n) is 14.4. The maximum absolute atomic E-state index is 13.8. The van der Waals surface area contributed by atoms with E-state index in [9.17, 15) is 9.18 Å². The summed E-state index contributed by atoms with van der Waals surface area (Å²) in [4.78, 5) is 12.4. The van der Waals surface area contributed by atoms with Gasteiger partial charge in [0.05, 0.1) is 26.7 Å². The molecule has 1 N–H and O–H groups in total. The Morgan fingerprint density at radius 1 is 1.16 bits per heavy atom. The molecule has 5 heteroatoms. The van der Waals surface area contributed by atoms with Gasteiger partial charge in [-0.2, -0.15) is 0 Å². The predicted octanol–water partition coefficient (Wildman–Crippen LogP) is 3.65. The highest BCUT2D eigenvalue weighted by atomic mass is 19.1. The molecule has 0 spiro atoms. The second-order valence-corrected chi connectivity index (χ2v) is 6.30. The topological polar surface area (TPSA) is 47.6 Å². The highest BCUT2D eigenvalue weighted by Crippen LogP contribution is 2.41. The van der Waals surface area contributed by atoms with Gasteiger partial charge < -0.3 is 14.8 Å². The van der Waals surface area contributed by atoms with E-state index in [1.54, 1.807) is 19.2 Å². The molecule has 1 atom stereocenters. The Hall–Kier alpha value is -2.56. The van der Waals surface area contributed by atoms with Crippen LogP contribution in [0.1, 0.15) is 30.0 Å². The number of amides is 1. The van der Waals surface area contributed by atoms with E-state index >= 15 is 0 Å². The van der Waals surface area contributed by atoms with E-state index in [-0.39, 0.29) is 24.1 Å². The normalized spacial score (nSPS) is 14.7. The molecule has 1 aliphatic rings. The molecule has 132 valence electrons. The van der Waals surface area contributed by atoms with Crippen molar-refractivity contribution in [1.82, 2.24) is 5.32 Å². The van der Waals surface area contributed by atoms with Crippen molar-refractivity contribution >= 4 is 5.91 Å². The minimum absolute atomic E-state index is 0.0125. The summed E-state index contributed by atoms with van der Waals surface area (Å²) in [5, 5.41) is 3.10. The lowest BCUT2D eigenvalue weighted by molar-refractivity contribution is -0.121. The molecule has 0 aromatic heterocycles. The maximum atomic E-state index is 13.8. The van der Waals surface area contributed by atoms with Crippen LogP contribution in [0.25, 0.3) is 0 Å². The van der Waals surface area contributed by atoms with Crippen LogP contribution in [-0.2, 0) is 11.2 Å². The summed E-state index contributed by atoms with van der Waals surface area (Å²) >= 11 is 0. The van der Waals surface area contributed by atoms with Crippen LogP contribution in [0.5, 0.6) is 11.5 Å². The summed E-state index contributed by atoms with van der Waals surface area (Å²) in [6, 6.07) is 12.3. The molecule has 0 aliphatic heterocycles. The number of hydrogen-bond donors (Lipinski definition) is 1. The van der Waals surface area contributed by atoms with E-state index in [0.717, 1.165) is 24.2 Å². The average Bonchev–Trinajstić information content (AvgIpc) is 3.45. The Kier molecular flexibility index (Phi) is 5.22. The van der Waals surface area contributed by atoms with Crippen LogP contribution in [0.3, 0.4) is 0 Å². The number of ether oxygens (including phenoxy) is 2. The lowest BCUT2D eigenvalue weighted by atomic mass is 10.0. The second-order valence-electron chi connectivity index (χ2n) is 6.30. The Balaban J connectivity index is 1.67. The van der Waals surface area contributed by atoms with Crippen molar-refractivity contribution in [3.63, 3.8) is 0 Å². The quantitative estimate of drug-likeness (QED) is 0.835. The lowest BCUT2D eigenvalue weighted by Crippen LogP contribution is -2.31. The molecule has 0 heterocycles. The van der Waals surface area contributed by atoms with Gasteiger partial charge in [0, 0.05) is 0 Å². The van der Waals surface area contributed by atoms with E-state index in [1.165, 1.54) is 13.2 Å². The Bertz CT molecular complexity index is 741. The monoisotopic (exact) mass is 343 g/mol. The van der Waals surface area contributed by atoms with E-state index < -0.39 is 5.82 Å². The van der Waals surface area contributed by atoms with Gasteiger partial charge in [0.15, 0.2) is 11.6 Å². The van der Waals surface area contributed by atoms with Crippen LogP contribution >= 0.6 is 0 Å². The van der Waals surface area contributed by atoms with Crippen molar-refractivity contribution in [2.24, 2.45) is 5.92 Å². The third kappa shape index (κ3) is 4.29. The van der Waals surface area contributed by atoms with E-state index in [0.29, 0.717) is 11.5 Å². The third-order valence-electron chi connectivity index (χ3n) is 4.47. The van der Waals surface area contributed by atoms with Crippen LogP contribution in [0.4, 0.5) is 4.39 Å². The number of nitrogens with one attached hydrogen (secondary N) is 1. The summed E-state index contributed by atoms with van der Waals surface area (Å²) in [6.07, 6.45) is 2.35. The molecule has 2 aromatic carbocycles. The summed E-state index contributed by atoms with van der Waals surface area (Å²) in [5.41, 5.74) is 1.69. The molecule has 4 nitrogen and oxygen atoms in total. The summed E-state index contributed by atoms with van der Waals surface area (Å²) < 4.78 is 23.9. The molecule has 3 rings (SSSR count). The highest BCUT2D eigenvalue weighted by Gasteiger charge is 2.33. The molecule has 0 unspecified atom stereocenters. The number of benzene rings is 2. The molecule has 25 heavy (non-hydrogen) atoms. The van der Waals surface area contributed by atoms with Gasteiger partial charge in [-0.15, -0.1) is 0 Å². The molecular formula is C20H22FNO3. The summed E-state index contributed by atoms with van der Waals surface area (Å²) in [5.74, 6) is 0.862. The average molecular weight is 343 g/mol. The first kappa shape index (κ1) is 17.3. The molecule has 1 aliphatic carbocycles. The summed E-state index contributed by atoms with van der Waals surface area (Å²) in [7, 11) is 3.04. The van der Waals surface area contributed by atoms with Crippen LogP contribution in [0.2, 0.25) is 0 Å². The molecule has 2 aromatic rings. The molecule has 1 amide bonds. The first-order chi connectivity index (χ1) is 12.1. The Morgan fingerprint density at radius 3 is 2.44 bits per heavy atom. The smallest absolute Gasteiger partial charge is 0.224 e. The van der Waals surface area contributed by atoms with E-state index in [4.69, 9.17) is 9.47 Å². The van der Waals surface area contributed by atoms with Gasteiger partial charge in [-0.3, -0.25) is 4.79 Å². The van der Waals surface area contributed by atoms with Gasteiger partial charge in [-0.05, 0) is 54.2 Å². The lowest BCUT2D eigenvalue weighted by Gasteiger charge is -2.19.